The van der Waals surface area contributed by atoms with Crippen LogP contribution in [0, 0.1) is 0 Å². The lowest BCUT2D eigenvalue weighted by Gasteiger charge is -2.02. The highest BCUT2D eigenvalue weighted by molar-refractivity contribution is 5.62. The first kappa shape index (κ1) is 19.7. The third kappa shape index (κ3) is 29.5. The van der Waals surface area contributed by atoms with Crippen molar-refractivity contribution in [3.63, 3.8) is 0 Å². The van der Waals surface area contributed by atoms with E-state index >= 15 is 0 Å². The summed E-state index contributed by atoms with van der Waals surface area (Å²) in [5.41, 5.74) is 0. The Labute approximate surface area is 111 Å². The summed E-state index contributed by atoms with van der Waals surface area (Å²) in [5.74, 6) is -0.833. The largest absolute Gasteiger partial charge is 0.481 e. The maximum absolute atomic E-state index is 9.00. The van der Waals surface area contributed by atoms with Crippen molar-refractivity contribution in [3.05, 3.63) is 0 Å². The minimum absolute atomic E-state index is 0.150. The molecule has 0 aliphatic carbocycles. The van der Waals surface area contributed by atoms with E-state index in [2.05, 4.69) is 6.92 Å². The van der Waals surface area contributed by atoms with Gasteiger partial charge in [-0.05, 0) is 6.42 Å². The predicted molar refractivity (Wildman–Crippen MR) is 73.8 cm³/mol. The fraction of sp³-hybridized carbons (Fsp3) is 0.929. The van der Waals surface area contributed by atoms with Crippen molar-refractivity contribution >= 4 is 5.97 Å². The van der Waals surface area contributed by atoms with Gasteiger partial charge in [0.2, 0.25) is 0 Å². The van der Waals surface area contributed by atoms with Gasteiger partial charge < -0.3 is 14.9 Å². The van der Waals surface area contributed by atoms with Gasteiger partial charge in [-0.3, -0.25) is 4.79 Å². The summed E-state index contributed by atoms with van der Waals surface area (Å²) >= 11 is 0. The average Bonchev–Trinajstić information content (AvgIpc) is 2.31. The fourth-order valence-electron chi connectivity index (χ4n) is 1.50. The molecular weight excluding hydrogens is 232 g/mol. The van der Waals surface area contributed by atoms with Gasteiger partial charge in [0.25, 0.3) is 5.97 Å². The molecule has 2 N–H and O–H groups in total. The predicted octanol–water partition coefficient (Wildman–Crippen LogP) is 3.23. The number of aliphatic hydroxyl groups is 1. The van der Waals surface area contributed by atoms with E-state index in [1.807, 2.05) is 0 Å². The van der Waals surface area contributed by atoms with Gasteiger partial charge in [0.05, 0.1) is 13.2 Å². The second-order valence-corrected chi connectivity index (χ2v) is 4.33. The molecule has 0 saturated heterocycles. The van der Waals surface area contributed by atoms with Crippen LogP contribution < -0.4 is 0 Å². The Balaban J connectivity index is 0. The van der Waals surface area contributed by atoms with Gasteiger partial charge in [0.1, 0.15) is 0 Å². The molecule has 0 heterocycles. The Kier molecular flexibility index (Phi) is 20.5. The van der Waals surface area contributed by atoms with Gasteiger partial charge >= 0.3 is 0 Å². The van der Waals surface area contributed by atoms with E-state index in [0.717, 1.165) is 20.0 Å². The molecule has 0 aromatic heterocycles. The highest BCUT2D eigenvalue weighted by Gasteiger charge is 1.91. The first-order valence-electron chi connectivity index (χ1n) is 7.03. The van der Waals surface area contributed by atoms with Gasteiger partial charge in [-0.1, -0.05) is 51.9 Å². The third-order valence-corrected chi connectivity index (χ3v) is 2.38. The molecule has 4 nitrogen and oxygen atoms in total. The van der Waals surface area contributed by atoms with Crippen molar-refractivity contribution in [1.29, 1.82) is 0 Å². The minimum atomic E-state index is -0.833. The smallest absolute Gasteiger partial charge is 0.300 e. The lowest BCUT2D eigenvalue weighted by molar-refractivity contribution is -0.134. The molecule has 0 fully saturated rings. The van der Waals surface area contributed by atoms with Crippen LogP contribution in [0.5, 0.6) is 0 Å². The molecule has 110 valence electrons. The topological polar surface area (TPSA) is 66.8 Å². The first-order valence-corrected chi connectivity index (χ1v) is 7.03. The first-order chi connectivity index (χ1) is 8.65. The van der Waals surface area contributed by atoms with Crippen LogP contribution in [0.3, 0.4) is 0 Å². The molecule has 0 aliphatic rings. The van der Waals surface area contributed by atoms with Gasteiger partial charge in [0, 0.05) is 13.5 Å². The molecule has 0 saturated carbocycles. The van der Waals surface area contributed by atoms with E-state index in [4.69, 9.17) is 19.7 Å². The molecule has 18 heavy (non-hydrogen) atoms. The maximum atomic E-state index is 9.00. The van der Waals surface area contributed by atoms with Gasteiger partial charge in [-0.15, -0.1) is 0 Å². The third-order valence-electron chi connectivity index (χ3n) is 2.38. The zero-order chi connectivity index (χ0) is 14.1. The van der Waals surface area contributed by atoms with Crippen LogP contribution in [0.25, 0.3) is 0 Å². The van der Waals surface area contributed by atoms with Crippen molar-refractivity contribution in [2.75, 3.05) is 19.8 Å². The van der Waals surface area contributed by atoms with Crippen LogP contribution in [0.4, 0.5) is 0 Å². The Morgan fingerprint density at radius 3 is 1.83 bits per heavy atom. The van der Waals surface area contributed by atoms with Crippen LogP contribution in [0.1, 0.15) is 65.2 Å². The molecule has 0 radical (unpaired) electrons. The molecule has 0 rings (SSSR count). The molecule has 4 heteroatoms. The highest BCUT2D eigenvalue weighted by atomic mass is 16.5. The van der Waals surface area contributed by atoms with Crippen molar-refractivity contribution in [2.24, 2.45) is 0 Å². The monoisotopic (exact) mass is 262 g/mol. The van der Waals surface area contributed by atoms with Crippen LogP contribution in [-0.4, -0.2) is 36.0 Å². The summed E-state index contributed by atoms with van der Waals surface area (Å²) in [6.45, 7) is 4.79. The average molecular weight is 262 g/mol. The van der Waals surface area contributed by atoms with Gasteiger partial charge in [-0.25, -0.2) is 0 Å². The fourth-order valence-corrected chi connectivity index (χ4v) is 1.50. The zero-order valence-electron chi connectivity index (χ0n) is 12.0. The number of ether oxygens (including phenoxy) is 1. The normalized spacial score (nSPS) is 9.72. The van der Waals surface area contributed by atoms with Crippen molar-refractivity contribution < 1.29 is 19.7 Å². The molecular formula is C14H30O4. The van der Waals surface area contributed by atoms with Crippen LogP contribution in [0.15, 0.2) is 0 Å². The lowest BCUT2D eigenvalue weighted by Crippen LogP contribution is -2.00. The number of carboxylic acid groups (broad SMARTS) is 1. The molecule has 0 aromatic rings. The van der Waals surface area contributed by atoms with E-state index in [-0.39, 0.29) is 6.61 Å². The van der Waals surface area contributed by atoms with Crippen LogP contribution in [-0.2, 0) is 9.53 Å². The molecule has 0 atom stereocenters. The number of carboxylic acids is 1. The Bertz CT molecular complexity index is 144. The van der Waals surface area contributed by atoms with Crippen LogP contribution in [0.2, 0.25) is 0 Å². The Hall–Kier alpha value is -0.610. The van der Waals surface area contributed by atoms with E-state index in [1.54, 1.807) is 0 Å². The number of aliphatic carboxylic acids is 1. The summed E-state index contributed by atoms with van der Waals surface area (Å²) in [4.78, 5) is 9.00. The van der Waals surface area contributed by atoms with E-state index in [0.29, 0.717) is 6.61 Å². The zero-order valence-corrected chi connectivity index (χ0v) is 12.0. The molecule has 0 aromatic carbocycles. The highest BCUT2D eigenvalue weighted by Crippen LogP contribution is 2.08. The minimum Gasteiger partial charge on any atom is -0.481 e. The van der Waals surface area contributed by atoms with Crippen molar-refractivity contribution in [3.8, 4) is 0 Å². The molecule has 0 bridgehead atoms. The number of rotatable bonds is 11. The van der Waals surface area contributed by atoms with Gasteiger partial charge in [-0.2, -0.15) is 0 Å². The van der Waals surface area contributed by atoms with Gasteiger partial charge in [0.15, 0.2) is 0 Å². The second-order valence-electron chi connectivity index (χ2n) is 4.33. The standard InChI is InChI=1S/C12H26O2.C2H4O2/c1-2-3-4-5-6-7-8-9-11-14-12-10-13;1-2(3)4/h13H,2-12H2,1H3;1H3,(H,3,4). The Morgan fingerprint density at radius 2 is 1.39 bits per heavy atom. The second kappa shape index (κ2) is 18.7. The van der Waals surface area contributed by atoms with E-state index in [9.17, 15) is 0 Å². The molecule has 0 spiro atoms. The summed E-state index contributed by atoms with van der Waals surface area (Å²) in [6.07, 6.45) is 10.6. The summed E-state index contributed by atoms with van der Waals surface area (Å²) < 4.78 is 5.18. The number of aliphatic hydroxyl groups excluding tert-OH is 1. The maximum Gasteiger partial charge on any atom is 0.300 e. The van der Waals surface area contributed by atoms with Crippen molar-refractivity contribution in [1.82, 2.24) is 0 Å². The number of hydrogen-bond acceptors (Lipinski definition) is 3. The van der Waals surface area contributed by atoms with E-state index < -0.39 is 5.97 Å². The molecule has 0 amide bonds. The Morgan fingerprint density at radius 1 is 0.944 bits per heavy atom. The van der Waals surface area contributed by atoms with Crippen molar-refractivity contribution in [2.45, 2.75) is 65.2 Å². The number of hydrogen-bond donors (Lipinski definition) is 2. The number of unbranched alkanes of at least 4 members (excludes halogenated alkanes) is 7. The lowest BCUT2D eigenvalue weighted by atomic mass is 10.1. The number of carbonyl (C=O) groups is 1. The summed E-state index contributed by atoms with van der Waals surface area (Å²) in [5, 5.41) is 15.9. The quantitative estimate of drug-likeness (QED) is 0.561. The SMILES string of the molecule is CC(=O)O.CCCCCCCCCCOCCO. The van der Waals surface area contributed by atoms with Crippen LogP contribution >= 0.6 is 0 Å². The summed E-state index contributed by atoms with van der Waals surface area (Å²) in [7, 11) is 0. The molecule has 0 aliphatic heterocycles. The summed E-state index contributed by atoms with van der Waals surface area (Å²) in [6, 6.07) is 0. The van der Waals surface area contributed by atoms with E-state index in [1.165, 1.54) is 44.9 Å². The molecule has 0 unspecified atom stereocenters.